The van der Waals surface area contributed by atoms with Crippen LogP contribution in [0.3, 0.4) is 0 Å². The lowest BCUT2D eigenvalue weighted by Crippen LogP contribution is -2.04. The van der Waals surface area contributed by atoms with Crippen LogP contribution in [0.2, 0.25) is 5.02 Å². The molecule has 0 fully saturated rings. The van der Waals surface area contributed by atoms with Crippen LogP contribution in [0.4, 0.5) is 4.39 Å². The van der Waals surface area contributed by atoms with Crippen molar-refractivity contribution >= 4 is 11.6 Å². The topological polar surface area (TPSA) is 59.0 Å². The molecule has 3 nitrogen and oxygen atoms in total. The third-order valence-electron chi connectivity index (χ3n) is 2.76. The Balaban J connectivity index is 2.29. The minimum atomic E-state index is -0.614. The maximum absolute atomic E-state index is 13.7. The summed E-state index contributed by atoms with van der Waals surface area (Å²) in [6.07, 6.45) is 0. The van der Waals surface area contributed by atoms with Crippen molar-refractivity contribution in [3.8, 4) is 17.6 Å². The van der Waals surface area contributed by atoms with E-state index in [4.69, 9.17) is 27.3 Å². The Kier molecular flexibility index (Phi) is 4.23. The van der Waals surface area contributed by atoms with Crippen molar-refractivity contribution < 1.29 is 9.13 Å². The van der Waals surface area contributed by atoms with Gasteiger partial charge in [-0.05, 0) is 42.8 Å². The monoisotopic (exact) mass is 290 g/mol. The first-order valence-electron chi connectivity index (χ1n) is 5.94. The summed E-state index contributed by atoms with van der Waals surface area (Å²) in [5, 5.41) is 9.03. The zero-order valence-electron chi connectivity index (χ0n) is 10.7. The molecule has 20 heavy (non-hydrogen) atoms. The number of benzene rings is 2. The molecule has 0 radical (unpaired) electrons. The number of nitrogens with zero attached hydrogens (tertiary/aromatic N) is 1. The molecule has 0 saturated carbocycles. The Morgan fingerprint density at radius 2 is 1.95 bits per heavy atom. The Labute approximate surface area is 121 Å². The van der Waals surface area contributed by atoms with Crippen LogP contribution in [0, 0.1) is 17.1 Å². The van der Waals surface area contributed by atoms with Crippen LogP contribution in [-0.4, -0.2) is 0 Å². The average molecular weight is 291 g/mol. The fourth-order valence-electron chi connectivity index (χ4n) is 1.65. The second-order valence-electron chi connectivity index (χ2n) is 4.34. The molecule has 0 amide bonds. The van der Waals surface area contributed by atoms with Crippen molar-refractivity contribution in [2.45, 2.75) is 13.0 Å². The number of hydrogen-bond acceptors (Lipinski definition) is 3. The molecule has 102 valence electrons. The summed E-state index contributed by atoms with van der Waals surface area (Å²) >= 11 is 6.08. The summed E-state index contributed by atoms with van der Waals surface area (Å²) in [5.74, 6) is -0.268. The van der Waals surface area contributed by atoms with Crippen molar-refractivity contribution in [1.29, 1.82) is 5.26 Å². The molecule has 0 heterocycles. The van der Waals surface area contributed by atoms with Gasteiger partial charge in [-0.15, -0.1) is 0 Å². The van der Waals surface area contributed by atoms with Crippen LogP contribution in [0.1, 0.15) is 24.1 Å². The second-order valence-corrected chi connectivity index (χ2v) is 4.74. The summed E-state index contributed by atoms with van der Waals surface area (Å²) in [6.45, 7) is 1.84. The molecule has 5 heteroatoms. The first-order valence-corrected chi connectivity index (χ1v) is 6.31. The first kappa shape index (κ1) is 14.3. The Hall–Kier alpha value is -2.09. The molecule has 0 aliphatic carbocycles. The van der Waals surface area contributed by atoms with Crippen LogP contribution in [-0.2, 0) is 0 Å². The summed E-state index contributed by atoms with van der Waals surface area (Å²) in [7, 11) is 0. The van der Waals surface area contributed by atoms with Crippen LogP contribution >= 0.6 is 11.6 Å². The largest absolute Gasteiger partial charge is 0.453 e. The van der Waals surface area contributed by atoms with Gasteiger partial charge in [0.2, 0.25) is 0 Å². The lowest BCUT2D eigenvalue weighted by molar-refractivity contribution is 0.442. The highest BCUT2D eigenvalue weighted by atomic mass is 35.5. The van der Waals surface area contributed by atoms with E-state index in [2.05, 4.69) is 0 Å². The molecule has 0 aliphatic heterocycles. The summed E-state index contributed by atoms with van der Waals surface area (Å²) in [5.41, 5.74) is 6.84. The third-order valence-corrected chi connectivity index (χ3v) is 3.06. The van der Waals surface area contributed by atoms with Gasteiger partial charge in [0.05, 0.1) is 16.7 Å². The van der Waals surface area contributed by atoms with E-state index in [1.165, 1.54) is 12.1 Å². The minimum absolute atomic E-state index is 0.0134. The highest BCUT2D eigenvalue weighted by Gasteiger charge is 2.10. The van der Waals surface area contributed by atoms with E-state index in [-0.39, 0.29) is 17.4 Å². The summed E-state index contributed by atoms with van der Waals surface area (Å²) in [6, 6.07) is 10.8. The van der Waals surface area contributed by atoms with Gasteiger partial charge in [-0.2, -0.15) is 5.26 Å². The predicted molar refractivity (Wildman–Crippen MR) is 75.2 cm³/mol. The standard InChI is InChI=1S/C15H12ClFN2O/c1-9(19)11-3-5-14(12(16)7-11)20-15-4-2-10(8-18)6-13(15)17/h2-7,9H,19H2,1H3/t9-/m1/s1. The molecule has 0 saturated heterocycles. The number of ether oxygens (including phenoxy) is 1. The van der Waals surface area contributed by atoms with Gasteiger partial charge in [-0.3, -0.25) is 0 Å². The van der Waals surface area contributed by atoms with Gasteiger partial charge in [0.25, 0.3) is 0 Å². The van der Waals surface area contributed by atoms with E-state index >= 15 is 0 Å². The highest BCUT2D eigenvalue weighted by molar-refractivity contribution is 6.32. The molecule has 0 spiro atoms. The zero-order chi connectivity index (χ0) is 14.7. The van der Waals surface area contributed by atoms with Gasteiger partial charge in [0.15, 0.2) is 11.6 Å². The third kappa shape index (κ3) is 3.08. The Morgan fingerprint density at radius 1 is 1.25 bits per heavy atom. The Morgan fingerprint density at radius 3 is 2.50 bits per heavy atom. The van der Waals surface area contributed by atoms with E-state index in [1.54, 1.807) is 18.2 Å². The normalized spacial score (nSPS) is 11.8. The van der Waals surface area contributed by atoms with Gasteiger partial charge in [0, 0.05) is 6.04 Å². The molecule has 2 N–H and O–H groups in total. The van der Waals surface area contributed by atoms with Gasteiger partial charge in [-0.1, -0.05) is 17.7 Å². The smallest absolute Gasteiger partial charge is 0.167 e. The van der Waals surface area contributed by atoms with Crippen molar-refractivity contribution in [1.82, 2.24) is 0 Å². The van der Waals surface area contributed by atoms with E-state index in [0.717, 1.165) is 11.6 Å². The number of hydrogen-bond donors (Lipinski definition) is 1. The number of rotatable bonds is 3. The van der Waals surface area contributed by atoms with Crippen LogP contribution in [0.25, 0.3) is 0 Å². The van der Waals surface area contributed by atoms with Gasteiger partial charge in [0.1, 0.15) is 5.75 Å². The summed E-state index contributed by atoms with van der Waals surface area (Å²) in [4.78, 5) is 0. The van der Waals surface area contributed by atoms with Crippen LogP contribution < -0.4 is 10.5 Å². The van der Waals surface area contributed by atoms with Crippen molar-refractivity contribution in [3.05, 3.63) is 58.4 Å². The van der Waals surface area contributed by atoms with Crippen LogP contribution in [0.5, 0.6) is 11.5 Å². The lowest BCUT2D eigenvalue weighted by atomic mass is 10.1. The SMILES string of the molecule is C[C@@H](N)c1ccc(Oc2ccc(C#N)cc2F)c(Cl)c1. The molecule has 2 aromatic rings. The minimum Gasteiger partial charge on any atom is -0.453 e. The summed E-state index contributed by atoms with van der Waals surface area (Å²) < 4.78 is 19.1. The molecule has 0 aliphatic rings. The lowest BCUT2D eigenvalue weighted by Gasteiger charge is -2.11. The molecule has 2 aromatic carbocycles. The maximum Gasteiger partial charge on any atom is 0.167 e. The zero-order valence-corrected chi connectivity index (χ0v) is 11.5. The van der Waals surface area contributed by atoms with Gasteiger partial charge < -0.3 is 10.5 Å². The van der Waals surface area contributed by atoms with E-state index in [9.17, 15) is 4.39 Å². The van der Waals surface area contributed by atoms with Crippen molar-refractivity contribution in [3.63, 3.8) is 0 Å². The number of nitrogens with two attached hydrogens (primary N) is 1. The quantitative estimate of drug-likeness (QED) is 0.923. The van der Waals surface area contributed by atoms with Crippen LogP contribution in [0.15, 0.2) is 36.4 Å². The van der Waals surface area contributed by atoms with E-state index in [0.29, 0.717) is 10.8 Å². The number of nitriles is 1. The van der Waals surface area contributed by atoms with E-state index in [1.807, 2.05) is 13.0 Å². The fourth-order valence-corrected chi connectivity index (χ4v) is 1.88. The number of halogens is 2. The molecule has 0 unspecified atom stereocenters. The van der Waals surface area contributed by atoms with E-state index < -0.39 is 5.82 Å². The molecule has 0 aromatic heterocycles. The molecule has 2 rings (SSSR count). The molecular formula is C15H12ClFN2O. The predicted octanol–water partition coefficient (Wildman–Crippen LogP) is 4.16. The highest BCUT2D eigenvalue weighted by Crippen LogP contribution is 2.32. The van der Waals surface area contributed by atoms with Crippen molar-refractivity contribution in [2.24, 2.45) is 5.73 Å². The second kappa shape index (κ2) is 5.91. The van der Waals surface area contributed by atoms with Gasteiger partial charge >= 0.3 is 0 Å². The van der Waals surface area contributed by atoms with Crippen molar-refractivity contribution in [2.75, 3.05) is 0 Å². The maximum atomic E-state index is 13.7. The molecular weight excluding hydrogens is 279 g/mol. The molecule has 0 bridgehead atoms. The molecule has 1 atom stereocenters. The fraction of sp³-hybridized carbons (Fsp3) is 0.133. The van der Waals surface area contributed by atoms with Gasteiger partial charge in [-0.25, -0.2) is 4.39 Å². The Bertz CT molecular complexity index is 680. The first-order chi connectivity index (χ1) is 9.51. The average Bonchev–Trinajstić information content (AvgIpc) is 2.42.